The van der Waals surface area contributed by atoms with Gasteiger partial charge in [0.1, 0.15) is 11.6 Å². The molecule has 1 aromatic rings. The Morgan fingerprint density at radius 3 is 2.83 bits per heavy atom. The summed E-state index contributed by atoms with van der Waals surface area (Å²) in [7, 11) is 0. The Balaban J connectivity index is 1.77. The summed E-state index contributed by atoms with van der Waals surface area (Å²) in [5, 5.41) is 0. The zero-order chi connectivity index (χ0) is 17.1. The zero-order valence-electron chi connectivity index (χ0n) is 14.5. The van der Waals surface area contributed by atoms with Crippen molar-refractivity contribution < 1.29 is 14.3 Å². The van der Waals surface area contributed by atoms with Crippen molar-refractivity contribution in [3.8, 4) is 6.01 Å². The van der Waals surface area contributed by atoms with Crippen LogP contribution in [-0.2, 0) is 16.0 Å². The first kappa shape index (κ1) is 17.0. The number of amides is 1. The van der Waals surface area contributed by atoms with Crippen LogP contribution in [0.2, 0.25) is 0 Å². The maximum absolute atomic E-state index is 12.4. The Bertz CT molecular complexity index is 602. The van der Waals surface area contributed by atoms with E-state index < -0.39 is 0 Å². The van der Waals surface area contributed by atoms with E-state index in [0.29, 0.717) is 36.6 Å². The third kappa shape index (κ3) is 3.61. The van der Waals surface area contributed by atoms with E-state index in [4.69, 9.17) is 15.2 Å². The van der Waals surface area contributed by atoms with Gasteiger partial charge in [-0.1, -0.05) is 20.3 Å². The molecule has 0 bridgehead atoms. The number of rotatable bonds is 6. The van der Waals surface area contributed by atoms with E-state index in [1.807, 2.05) is 0 Å². The first-order chi connectivity index (χ1) is 11.6. The molecule has 1 fully saturated rings. The number of carbonyl (C=O) groups is 1. The molecule has 3 rings (SSSR count). The lowest BCUT2D eigenvalue weighted by molar-refractivity contribution is -0.117. The molecule has 1 aromatic heterocycles. The highest BCUT2D eigenvalue weighted by Crippen LogP contribution is 2.33. The van der Waals surface area contributed by atoms with Gasteiger partial charge in [-0.05, 0) is 24.7 Å². The van der Waals surface area contributed by atoms with Gasteiger partial charge in [-0.25, -0.2) is 0 Å². The lowest BCUT2D eigenvalue weighted by Crippen LogP contribution is -2.35. The largest absolute Gasteiger partial charge is 0.463 e. The SMILES string of the molecule is CCC(C)COc1nc(N)c2c(n1)N(CC1CCOCC1)C(=O)C2. The fraction of sp³-hybridized carbons (Fsp3) is 0.706. The molecule has 0 aliphatic carbocycles. The van der Waals surface area contributed by atoms with Gasteiger partial charge >= 0.3 is 6.01 Å². The second-order valence-electron chi connectivity index (χ2n) is 6.75. The predicted octanol–water partition coefficient (Wildman–Crippen LogP) is 1.80. The van der Waals surface area contributed by atoms with Gasteiger partial charge in [-0.2, -0.15) is 9.97 Å². The van der Waals surface area contributed by atoms with E-state index in [2.05, 4.69) is 23.8 Å². The third-order valence-corrected chi connectivity index (χ3v) is 4.86. The van der Waals surface area contributed by atoms with Crippen molar-refractivity contribution in [2.75, 3.05) is 37.0 Å². The van der Waals surface area contributed by atoms with Gasteiger partial charge in [0.05, 0.1) is 13.0 Å². The number of nitrogens with two attached hydrogens (primary N) is 1. The molecule has 1 saturated heterocycles. The molecule has 24 heavy (non-hydrogen) atoms. The molecule has 1 unspecified atom stereocenters. The van der Waals surface area contributed by atoms with Crippen molar-refractivity contribution in [3.05, 3.63) is 5.56 Å². The van der Waals surface area contributed by atoms with Crippen LogP contribution in [0.1, 0.15) is 38.7 Å². The van der Waals surface area contributed by atoms with E-state index in [9.17, 15) is 4.79 Å². The summed E-state index contributed by atoms with van der Waals surface area (Å²) in [5.41, 5.74) is 6.76. The van der Waals surface area contributed by atoms with Gasteiger partial charge in [0, 0.05) is 25.3 Å². The predicted molar refractivity (Wildman–Crippen MR) is 91.0 cm³/mol. The van der Waals surface area contributed by atoms with Gasteiger partial charge in [0.15, 0.2) is 0 Å². The van der Waals surface area contributed by atoms with Crippen LogP contribution in [0.4, 0.5) is 11.6 Å². The fourth-order valence-electron chi connectivity index (χ4n) is 3.00. The minimum absolute atomic E-state index is 0.0385. The van der Waals surface area contributed by atoms with Crippen molar-refractivity contribution in [2.45, 2.75) is 39.5 Å². The molecule has 2 aliphatic heterocycles. The Morgan fingerprint density at radius 2 is 2.12 bits per heavy atom. The minimum Gasteiger partial charge on any atom is -0.463 e. The summed E-state index contributed by atoms with van der Waals surface area (Å²) in [6, 6.07) is 0.262. The molecule has 3 heterocycles. The van der Waals surface area contributed by atoms with Crippen LogP contribution in [0.25, 0.3) is 0 Å². The maximum atomic E-state index is 12.4. The zero-order valence-corrected chi connectivity index (χ0v) is 14.5. The molecular formula is C17H26N4O3. The number of aromatic nitrogens is 2. The highest BCUT2D eigenvalue weighted by molar-refractivity contribution is 6.01. The summed E-state index contributed by atoms with van der Waals surface area (Å²) in [4.78, 5) is 22.9. The summed E-state index contributed by atoms with van der Waals surface area (Å²) in [6.45, 7) is 6.94. The number of fused-ring (bicyclic) bond motifs is 1. The molecule has 7 heteroatoms. The first-order valence-electron chi connectivity index (χ1n) is 8.75. The van der Waals surface area contributed by atoms with Gasteiger partial charge in [-0.3, -0.25) is 9.69 Å². The number of hydrogen-bond donors (Lipinski definition) is 1. The lowest BCUT2D eigenvalue weighted by atomic mass is 10.00. The van der Waals surface area contributed by atoms with E-state index in [1.165, 1.54) is 0 Å². The second-order valence-corrected chi connectivity index (χ2v) is 6.75. The Morgan fingerprint density at radius 1 is 1.38 bits per heavy atom. The molecular weight excluding hydrogens is 308 g/mol. The lowest BCUT2D eigenvalue weighted by Gasteiger charge is -2.27. The Labute approximate surface area is 142 Å². The summed E-state index contributed by atoms with van der Waals surface area (Å²) < 4.78 is 11.1. The third-order valence-electron chi connectivity index (χ3n) is 4.86. The molecule has 0 radical (unpaired) electrons. The van der Waals surface area contributed by atoms with Crippen LogP contribution in [-0.4, -0.2) is 42.2 Å². The van der Waals surface area contributed by atoms with Gasteiger partial charge in [0.2, 0.25) is 5.91 Å². The summed E-state index contributed by atoms with van der Waals surface area (Å²) in [5.74, 6) is 1.87. The van der Waals surface area contributed by atoms with Gasteiger partial charge < -0.3 is 15.2 Å². The maximum Gasteiger partial charge on any atom is 0.320 e. The molecule has 1 atom stereocenters. The van der Waals surface area contributed by atoms with E-state index >= 15 is 0 Å². The molecule has 2 aliphatic rings. The Hall–Kier alpha value is -1.89. The van der Waals surface area contributed by atoms with Gasteiger partial charge in [-0.15, -0.1) is 0 Å². The molecule has 132 valence electrons. The van der Waals surface area contributed by atoms with E-state index in [1.54, 1.807) is 4.90 Å². The van der Waals surface area contributed by atoms with Crippen molar-refractivity contribution in [1.29, 1.82) is 0 Å². The van der Waals surface area contributed by atoms with Crippen LogP contribution >= 0.6 is 0 Å². The number of hydrogen-bond acceptors (Lipinski definition) is 6. The van der Waals surface area contributed by atoms with Crippen LogP contribution in [0.3, 0.4) is 0 Å². The van der Waals surface area contributed by atoms with Crippen LogP contribution in [0, 0.1) is 11.8 Å². The molecule has 7 nitrogen and oxygen atoms in total. The Kier molecular flexibility index (Phi) is 5.18. The molecule has 0 aromatic carbocycles. The molecule has 0 saturated carbocycles. The van der Waals surface area contributed by atoms with Crippen molar-refractivity contribution in [1.82, 2.24) is 9.97 Å². The first-order valence-corrected chi connectivity index (χ1v) is 8.75. The van der Waals surface area contributed by atoms with E-state index in [-0.39, 0.29) is 18.3 Å². The van der Waals surface area contributed by atoms with Crippen LogP contribution in [0.5, 0.6) is 6.01 Å². The number of nitrogens with zero attached hydrogens (tertiary/aromatic N) is 3. The topological polar surface area (TPSA) is 90.6 Å². The summed E-state index contributed by atoms with van der Waals surface area (Å²) in [6.07, 6.45) is 3.24. The second kappa shape index (κ2) is 7.34. The summed E-state index contributed by atoms with van der Waals surface area (Å²) >= 11 is 0. The van der Waals surface area contributed by atoms with Crippen molar-refractivity contribution >= 4 is 17.5 Å². The monoisotopic (exact) mass is 334 g/mol. The quantitative estimate of drug-likeness (QED) is 0.853. The number of nitrogen functional groups attached to an aromatic ring is 1. The highest BCUT2D eigenvalue weighted by atomic mass is 16.5. The average molecular weight is 334 g/mol. The highest BCUT2D eigenvalue weighted by Gasteiger charge is 2.34. The molecule has 0 spiro atoms. The standard InChI is InChI=1S/C17H26N4O3/c1-3-11(2)10-24-17-19-15(18)13-8-14(22)21(16(13)20-17)9-12-4-6-23-7-5-12/h11-12H,3-10H2,1-2H3,(H2,18,19,20). The van der Waals surface area contributed by atoms with Gasteiger partial charge in [0.25, 0.3) is 0 Å². The number of anilines is 2. The fourth-order valence-corrected chi connectivity index (χ4v) is 3.00. The number of ether oxygens (including phenoxy) is 2. The van der Waals surface area contributed by atoms with Crippen LogP contribution in [0.15, 0.2) is 0 Å². The van der Waals surface area contributed by atoms with Crippen LogP contribution < -0.4 is 15.4 Å². The van der Waals surface area contributed by atoms with Crippen molar-refractivity contribution in [2.24, 2.45) is 11.8 Å². The normalized spacial score (nSPS) is 19.4. The smallest absolute Gasteiger partial charge is 0.320 e. The molecule has 1 amide bonds. The van der Waals surface area contributed by atoms with E-state index in [0.717, 1.165) is 38.0 Å². The average Bonchev–Trinajstić information content (AvgIpc) is 2.90. The van der Waals surface area contributed by atoms with Crippen molar-refractivity contribution in [3.63, 3.8) is 0 Å². The number of carbonyl (C=O) groups excluding carboxylic acids is 1. The minimum atomic E-state index is 0.0385. The molecule has 2 N–H and O–H groups in total.